The first kappa shape index (κ1) is 21.6. The summed E-state index contributed by atoms with van der Waals surface area (Å²) in [6, 6.07) is 10.7. The fraction of sp³-hybridized carbons (Fsp3) is 0.158. The Balaban J connectivity index is 2.10. The highest BCUT2D eigenvalue weighted by molar-refractivity contribution is 7.90. The highest BCUT2D eigenvalue weighted by Gasteiger charge is 2.48. The number of carbonyl (C=O) groups is 1. The number of anilines is 1. The number of ketones is 1. The number of halogens is 1. The van der Waals surface area contributed by atoms with E-state index in [1.807, 2.05) is 0 Å². The van der Waals surface area contributed by atoms with Gasteiger partial charge in [-0.2, -0.15) is 8.42 Å². The van der Waals surface area contributed by atoms with Gasteiger partial charge in [-0.25, -0.2) is 4.98 Å². The lowest BCUT2D eigenvalue weighted by molar-refractivity contribution is -0.384. The molecule has 0 bridgehead atoms. The van der Waals surface area contributed by atoms with E-state index in [1.165, 1.54) is 37.4 Å². The third kappa shape index (κ3) is 4.11. The van der Waals surface area contributed by atoms with Crippen LogP contribution in [0.1, 0.15) is 17.3 Å². The van der Waals surface area contributed by atoms with E-state index in [1.54, 1.807) is 30.3 Å². The Labute approximate surface area is 177 Å². The maximum absolute atomic E-state index is 12.9. The zero-order valence-corrected chi connectivity index (χ0v) is 17.1. The van der Waals surface area contributed by atoms with Crippen LogP contribution in [-0.2, 0) is 10.1 Å². The maximum atomic E-state index is 12.9. The molecule has 11 heteroatoms. The predicted octanol–water partition coefficient (Wildman–Crippen LogP) is 3.57. The van der Waals surface area contributed by atoms with Crippen molar-refractivity contribution in [3.8, 4) is 0 Å². The molecule has 0 saturated heterocycles. The summed E-state index contributed by atoms with van der Waals surface area (Å²) in [5.41, 5.74) is -0.328. The molecule has 1 aromatic carbocycles. The lowest BCUT2D eigenvalue weighted by Gasteiger charge is -2.34. The minimum absolute atomic E-state index is 0.228. The van der Waals surface area contributed by atoms with Crippen molar-refractivity contribution in [3.63, 3.8) is 0 Å². The van der Waals surface area contributed by atoms with Crippen LogP contribution in [0, 0.1) is 16.0 Å². The molecule has 156 valence electrons. The molecule has 0 aliphatic heterocycles. The van der Waals surface area contributed by atoms with Crippen molar-refractivity contribution in [2.24, 2.45) is 5.92 Å². The van der Waals surface area contributed by atoms with Crippen LogP contribution >= 0.6 is 11.6 Å². The van der Waals surface area contributed by atoms with E-state index >= 15 is 0 Å². The first-order valence-corrected chi connectivity index (χ1v) is 10.4. The fourth-order valence-electron chi connectivity index (χ4n) is 3.23. The van der Waals surface area contributed by atoms with Crippen molar-refractivity contribution in [1.29, 1.82) is 0 Å². The Hall–Kier alpha value is -3.08. The second-order valence-electron chi connectivity index (χ2n) is 6.61. The average Bonchev–Trinajstić information content (AvgIpc) is 2.67. The molecule has 0 saturated carbocycles. The molecule has 1 aliphatic carbocycles. The van der Waals surface area contributed by atoms with Crippen LogP contribution in [0.3, 0.4) is 0 Å². The van der Waals surface area contributed by atoms with Gasteiger partial charge in [0.15, 0.2) is 5.78 Å². The Morgan fingerprint density at radius 1 is 1.27 bits per heavy atom. The quantitative estimate of drug-likeness (QED) is 0.224. The molecule has 2 atom stereocenters. The molecule has 0 radical (unpaired) electrons. The van der Waals surface area contributed by atoms with Crippen molar-refractivity contribution in [1.82, 2.24) is 4.98 Å². The number of hydrogen-bond acceptors (Lipinski definition) is 7. The lowest BCUT2D eigenvalue weighted by Crippen LogP contribution is -2.41. The summed E-state index contributed by atoms with van der Waals surface area (Å²) in [6.45, 7) is 1.28. The summed E-state index contributed by atoms with van der Waals surface area (Å²) < 4.78 is 34.3. The summed E-state index contributed by atoms with van der Waals surface area (Å²) >= 11 is 6.53. The monoisotopic (exact) mass is 449 g/mol. The first-order valence-electron chi connectivity index (χ1n) is 8.58. The largest absolute Gasteiger partial charge is 0.334 e. The highest BCUT2D eigenvalue weighted by atomic mass is 35.5. The van der Waals surface area contributed by atoms with Gasteiger partial charge in [0.25, 0.3) is 10.1 Å². The number of pyridine rings is 1. The van der Waals surface area contributed by atoms with Gasteiger partial charge in [-0.1, -0.05) is 36.4 Å². The molecule has 0 amide bonds. The zero-order chi connectivity index (χ0) is 22.1. The molecule has 1 aliphatic rings. The van der Waals surface area contributed by atoms with Crippen LogP contribution in [0.2, 0.25) is 0 Å². The lowest BCUT2D eigenvalue weighted by atomic mass is 9.82. The minimum atomic E-state index is -4.90. The molecule has 9 nitrogen and oxygen atoms in total. The van der Waals surface area contributed by atoms with E-state index in [4.69, 9.17) is 11.6 Å². The second-order valence-corrected chi connectivity index (χ2v) is 8.76. The number of nitrogens with zero attached hydrogens (tertiary/aromatic N) is 2. The second kappa shape index (κ2) is 7.98. The molecule has 2 N–H and O–H groups in total. The first-order chi connectivity index (χ1) is 14.0. The van der Waals surface area contributed by atoms with E-state index in [9.17, 15) is 27.9 Å². The molecular weight excluding hydrogens is 434 g/mol. The fourth-order valence-corrected chi connectivity index (χ4v) is 4.82. The number of alkyl halides is 1. The smallest absolute Gasteiger partial charge is 0.311 e. The van der Waals surface area contributed by atoms with E-state index in [-0.39, 0.29) is 11.5 Å². The third-order valence-corrected chi connectivity index (χ3v) is 6.26. The number of carbonyl (C=O) groups excluding carboxylic acids is 1. The van der Waals surface area contributed by atoms with E-state index in [2.05, 4.69) is 10.3 Å². The van der Waals surface area contributed by atoms with E-state index in [0.29, 0.717) is 5.56 Å². The molecule has 1 heterocycles. The van der Waals surface area contributed by atoms with Crippen LogP contribution in [0.15, 0.2) is 71.4 Å². The number of nitrogens with one attached hydrogen (secondary N) is 1. The van der Waals surface area contributed by atoms with Crippen molar-refractivity contribution < 1.29 is 22.7 Å². The number of aromatic nitrogens is 1. The van der Waals surface area contributed by atoms with Crippen LogP contribution < -0.4 is 5.32 Å². The van der Waals surface area contributed by atoms with Crippen LogP contribution in [0.25, 0.3) is 0 Å². The Morgan fingerprint density at radius 3 is 2.53 bits per heavy atom. The Kier molecular flexibility index (Phi) is 5.75. The molecule has 0 fully saturated rings. The molecule has 3 rings (SSSR count). The van der Waals surface area contributed by atoms with Gasteiger partial charge in [0.05, 0.1) is 21.4 Å². The van der Waals surface area contributed by atoms with E-state index < -0.39 is 42.2 Å². The summed E-state index contributed by atoms with van der Waals surface area (Å²) in [5, 5.41) is 13.8. The zero-order valence-electron chi connectivity index (χ0n) is 15.5. The third-order valence-electron chi connectivity index (χ3n) is 4.56. The molecule has 2 unspecified atom stereocenters. The molecule has 1 aromatic heterocycles. The van der Waals surface area contributed by atoms with Crippen molar-refractivity contribution in [2.75, 3.05) is 5.32 Å². The Bertz CT molecular complexity index is 1180. The normalized spacial score (nSPS) is 21.4. The van der Waals surface area contributed by atoms with E-state index in [0.717, 1.165) is 0 Å². The summed E-state index contributed by atoms with van der Waals surface area (Å²) in [7, 11) is -4.90. The number of Topliss-reactive ketones (excluding diaryl/α,β-unsaturated/α-hetero) is 1. The summed E-state index contributed by atoms with van der Waals surface area (Å²) in [6.07, 6.45) is 3.89. The van der Waals surface area contributed by atoms with Gasteiger partial charge < -0.3 is 5.32 Å². The van der Waals surface area contributed by atoms with Crippen molar-refractivity contribution in [3.05, 3.63) is 87.1 Å². The maximum Gasteiger partial charge on any atom is 0.311 e. The standard InChI is InChI=1S/C19H16ClN3O6S/c1-19(20)13(16(24)12-6-3-2-4-7-12)9-10-14(17(19)30(27,28)29)22-18-15(23(25)26)8-5-11-21-18/h2-11,13H,1H3,(H,21,22)(H,27,28,29). The van der Waals surface area contributed by atoms with Crippen LogP contribution in [0.4, 0.5) is 11.5 Å². The van der Waals surface area contributed by atoms with Crippen LogP contribution in [-0.4, -0.2) is 33.5 Å². The number of nitro groups is 1. The van der Waals surface area contributed by atoms with Gasteiger partial charge >= 0.3 is 5.69 Å². The summed E-state index contributed by atoms with van der Waals surface area (Å²) in [4.78, 5) is 24.8. The topological polar surface area (TPSA) is 140 Å². The molecule has 30 heavy (non-hydrogen) atoms. The number of benzene rings is 1. The number of hydrogen-bond donors (Lipinski definition) is 2. The van der Waals surface area contributed by atoms with Crippen LogP contribution in [0.5, 0.6) is 0 Å². The SMILES string of the molecule is CC1(Cl)C(S(=O)(=O)O)=C(Nc2ncccc2[N+](=O)[O-])C=CC1C(=O)c1ccccc1. The van der Waals surface area contributed by atoms with Crippen molar-refractivity contribution >= 4 is 39.0 Å². The average molecular weight is 450 g/mol. The van der Waals surface area contributed by atoms with Gasteiger partial charge in [-0.3, -0.25) is 19.5 Å². The van der Waals surface area contributed by atoms with Crippen molar-refractivity contribution in [2.45, 2.75) is 11.8 Å². The van der Waals surface area contributed by atoms with Gasteiger partial charge in [-0.15, -0.1) is 11.6 Å². The van der Waals surface area contributed by atoms with Gasteiger partial charge in [0.2, 0.25) is 5.82 Å². The van der Waals surface area contributed by atoms with Gasteiger partial charge in [-0.05, 0) is 19.1 Å². The predicted molar refractivity (Wildman–Crippen MR) is 111 cm³/mol. The van der Waals surface area contributed by atoms with Gasteiger partial charge in [0, 0.05) is 17.8 Å². The highest BCUT2D eigenvalue weighted by Crippen LogP contribution is 2.43. The minimum Gasteiger partial charge on any atom is -0.334 e. The number of allylic oxidation sites excluding steroid dienone is 3. The number of rotatable bonds is 6. The molecular formula is C19H16ClN3O6S. The Morgan fingerprint density at radius 2 is 1.93 bits per heavy atom. The summed E-state index contributed by atoms with van der Waals surface area (Å²) in [5.74, 6) is -1.82. The molecule has 2 aromatic rings. The molecule has 0 spiro atoms. The van der Waals surface area contributed by atoms with Gasteiger partial charge in [0.1, 0.15) is 4.91 Å².